The highest BCUT2D eigenvalue weighted by molar-refractivity contribution is 7.81. The van der Waals surface area contributed by atoms with E-state index in [1.54, 1.807) is 28.9 Å². The number of anilines is 2. The van der Waals surface area contributed by atoms with E-state index in [4.69, 9.17) is 9.47 Å². The Labute approximate surface area is 387 Å². The van der Waals surface area contributed by atoms with Gasteiger partial charge >= 0.3 is 0 Å². The number of morpholine rings is 1. The van der Waals surface area contributed by atoms with Crippen LogP contribution in [0.25, 0.3) is 16.6 Å². The van der Waals surface area contributed by atoms with Gasteiger partial charge in [0.25, 0.3) is 18.8 Å². The maximum atomic E-state index is 15.6. The molecular formula is C45H50F5N11O5S. The van der Waals surface area contributed by atoms with E-state index in [1.165, 1.54) is 21.6 Å². The lowest BCUT2D eigenvalue weighted by Crippen LogP contribution is -2.46. The van der Waals surface area contributed by atoms with E-state index < -0.39 is 54.0 Å². The second-order valence-corrected chi connectivity index (χ2v) is 18.2. The van der Waals surface area contributed by atoms with Gasteiger partial charge in [0.2, 0.25) is 11.8 Å². The summed E-state index contributed by atoms with van der Waals surface area (Å²) < 4.78 is 86.8. The molecule has 3 amide bonds. The number of carbonyl (C=O) groups excluding carboxylic acids is 3. The smallest absolute Gasteiger partial charge is 0.284 e. The molecule has 9 rings (SSSR count). The van der Waals surface area contributed by atoms with Crippen LogP contribution in [0.5, 0.6) is 0 Å². The Morgan fingerprint density at radius 2 is 1.88 bits per heavy atom. The summed E-state index contributed by atoms with van der Waals surface area (Å²) in [6.07, 6.45) is -0.416. The number of aryl methyl sites for hydroxylation is 1. The second kappa shape index (κ2) is 19.9. The maximum Gasteiger partial charge on any atom is 0.284 e. The molecule has 4 aromatic heterocycles. The van der Waals surface area contributed by atoms with Crippen molar-refractivity contribution in [1.82, 2.24) is 44.4 Å². The third kappa shape index (κ3) is 10.0. The Kier molecular flexibility index (Phi) is 13.8. The molecule has 16 nitrogen and oxygen atoms in total. The number of rotatable bonds is 11. The molecule has 5 aromatic rings. The van der Waals surface area contributed by atoms with E-state index in [-0.39, 0.29) is 73.4 Å². The fourth-order valence-corrected chi connectivity index (χ4v) is 10.0. The molecule has 4 aliphatic rings. The summed E-state index contributed by atoms with van der Waals surface area (Å²) in [7, 11) is 1.78. The first-order chi connectivity index (χ1) is 32.3. The zero-order valence-corrected chi connectivity index (χ0v) is 37.4. The van der Waals surface area contributed by atoms with Crippen molar-refractivity contribution >= 4 is 58.4 Å². The van der Waals surface area contributed by atoms with E-state index >= 15 is 4.39 Å². The molecule has 3 unspecified atom stereocenters. The van der Waals surface area contributed by atoms with Gasteiger partial charge < -0.3 is 24.6 Å². The Morgan fingerprint density at radius 1 is 1.06 bits per heavy atom. The number of carbonyl (C=O) groups is 3. The molecule has 1 aliphatic carbocycles. The van der Waals surface area contributed by atoms with E-state index in [0.717, 1.165) is 23.7 Å². The van der Waals surface area contributed by atoms with Crippen LogP contribution in [0.15, 0.2) is 42.9 Å². The van der Waals surface area contributed by atoms with Crippen LogP contribution in [0.3, 0.4) is 0 Å². The number of benzene rings is 1. The summed E-state index contributed by atoms with van der Waals surface area (Å²) in [6.45, 7) is 1.82. The number of nitrogens with one attached hydrogen (secondary N) is 2. The predicted octanol–water partition coefficient (Wildman–Crippen LogP) is 5.50. The summed E-state index contributed by atoms with van der Waals surface area (Å²) >= 11 is 4.63. The second-order valence-electron chi connectivity index (χ2n) is 17.6. The standard InChI is InChI=1S/C45H50F5N11O5S/c1-57-39-26(4-2-6-28(39)37(55-57)29-11-12-36(62)54-44(29)63)5-3-18-65-33-13-15-58(22-31(46)40(33)67)21-25-7-9-27(10-8-25)61-23-32(38(56-61)42(49)50)52-45(64)30-20-51-60-16-14-35(53-43(30)60)59-17-19-66-34(24-59)41(47)48/h2,4,6,14,16,20,23,25,27,29,31,33-34,40-42,67H,7-13,15,17-19,21-22,24H2,1H3,(H,52,64)(H,54,62,63)/t25?,27?,29?,31-,33+,34?,40?/m1/s1. The van der Waals surface area contributed by atoms with Crippen LogP contribution >= 0.6 is 12.6 Å². The number of halogens is 5. The van der Waals surface area contributed by atoms with Gasteiger partial charge in [0.15, 0.2) is 11.3 Å². The minimum Gasteiger partial charge on any atom is -0.369 e. The summed E-state index contributed by atoms with van der Waals surface area (Å²) in [4.78, 5) is 46.1. The minimum absolute atomic E-state index is 0.00766. The van der Waals surface area contributed by atoms with Crippen LogP contribution < -0.4 is 15.5 Å². The van der Waals surface area contributed by atoms with Crippen molar-refractivity contribution in [2.24, 2.45) is 13.0 Å². The molecule has 5 atom stereocenters. The van der Waals surface area contributed by atoms with Crippen LogP contribution in [0, 0.1) is 17.8 Å². The van der Waals surface area contributed by atoms with Crippen LogP contribution in [0.1, 0.15) is 90.6 Å². The molecule has 3 saturated heterocycles. The molecule has 1 saturated carbocycles. The quantitative estimate of drug-likeness (QED) is 0.0663. The van der Waals surface area contributed by atoms with Gasteiger partial charge in [-0.2, -0.15) is 27.9 Å². The fraction of sp³-hybridized carbons (Fsp3) is 0.533. The van der Waals surface area contributed by atoms with Crippen molar-refractivity contribution in [3.05, 3.63) is 65.4 Å². The van der Waals surface area contributed by atoms with Crippen LogP contribution in [0.2, 0.25) is 0 Å². The Morgan fingerprint density at radius 3 is 2.66 bits per heavy atom. The highest BCUT2D eigenvalue weighted by Gasteiger charge is 2.36. The first-order valence-corrected chi connectivity index (χ1v) is 22.9. The van der Waals surface area contributed by atoms with Gasteiger partial charge in [-0.25, -0.2) is 31.5 Å². The molecule has 356 valence electrons. The van der Waals surface area contributed by atoms with Crippen molar-refractivity contribution < 1.29 is 45.8 Å². The number of hydrogen-bond donors (Lipinski definition) is 3. The first kappa shape index (κ1) is 46.5. The lowest BCUT2D eigenvalue weighted by molar-refractivity contribution is -0.134. The van der Waals surface area contributed by atoms with E-state index in [2.05, 4.69) is 60.3 Å². The van der Waals surface area contributed by atoms with Crippen LogP contribution in [-0.2, 0) is 26.1 Å². The molecule has 0 radical (unpaired) electrons. The summed E-state index contributed by atoms with van der Waals surface area (Å²) in [5.41, 5.74) is 1.49. The van der Waals surface area contributed by atoms with Gasteiger partial charge in [-0.3, -0.25) is 29.1 Å². The van der Waals surface area contributed by atoms with Crippen molar-refractivity contribution in [2.75, 3.05) is 56.2 Å². The molecular weight excluding hydrogens is 902 g/mol. The molecule has 3 aliphatic heterocycles. The first-order valence-electron chi connectivity index (χ1n) is 22.4. The molecule has 7 heterocycles. The zero-order chi connectivity index (χ0) is 46.9. The van der Waals surface area contributed by atoms with Gasteiger partial charge in [-0.1, -0.05) is 24.0 Å². The number of fused-ring (bicyclic) bond motifs is 2. The lowest BCUT2D eigenvalue weighted by Gasteiger charge is -2.33. The normalized spacial score (nSPS) is 25.4. The van der Waals surface area contributed by atoms with E-state index in [0.29, 0.717) is 62.4 Å². The Bertz CT molecular complexity index is 2690. The number of thiol groups is 1. The van der Waals surface area contributed by atoms with Gasteiger partial charge in [0.1, 0.15) is 30.3 Å². The zero-order valence-electron chi connectivity index (χ0n) is 36.5. The van der Waals surface area contributed by atoms with Crippen molar-refractivity contribution in [2.45, 2.75) is 93.4 Å². The Balaban J connectivity index is 0.778. The third-order valence-corrected chi connectivity index (χ3v) is 13.8. The monoisotopic (exact) mass is 951 g/mol. The number of nitrogens with zero attached hydrogens (tertiary/aromatic N) is 9. The van der Waals surface area contributed by atoms with Gasteiger partial charge in [-0.05, 0) is 56.6 Å². The maximum absolute atomic E-state index is 15.6. The highest BCUT2D eigenvalue weighted by atomic mass is 32.1. The van der Waals surface area contributed by atoms with E-state index in [1.807, 2.05) is 18.2 Å². The number of alkyl halides is 5. The average molecular weight is 952 g/mol. The molecule has 22 heteroatoms. The molecule has 2 N–H and O–H groups in total. The van der Waals surface area contributed by atoms with Gasteiger partial charge in [-0.15, -0.1) is 0 Å². The molecule has 0 spiro atoms. The molecule has 4 fully saturated rings. The molecule has 67 heavy (non-hydrogen) atoms. The number of ether oxygens (including phenoxy) is 2. The SMILES string of the molecule is Cn1nc(C2CCC(=O)NC2=O)c2cccc(C#CCO[C@H]3CCN(CC4CCC(n5cc(NC(=O)c6cnn7ccc(N8CCOC(C(F)F)C8)nc67)c(C(F)F)n5)CC4)C[C@@H](F)C3S)c21. The third-order valence-electron chi connectivity index (χ3n) is 13.2. The largest absolute Gasteiger partial charge is 0.369 e. The predicted molar refractivity (Wildman–Crippen MR) is 238 cm³/mol. The highest BCUT2D eigenvalue weighted by Crippen LogP contribution is 2.37. The summed E-state index contributed by atoms with van der Waals surface area (Å²) in [5, 5.41) is 18.1. The van der Waals surface area contributed by atoms with E-state index in [9.17, 15) is 31.9 Å². The number of amides is 3. The number of imide groups is 1. The van der Waals surface area contributed by atoms with Crippen LogP contribution in [-0.4, -0.2) is 133 Å². The summed E-state index contributed by atoms with van der Waals surface area (Å²) in [6, 6.07) is 6.99. The number of aromatic nitrogens is 7. The molecule has 0 bridgehead atoms. The summed E-state index contributed by atoms with van der Waals surface area (Å²) in [5.74, 6) is 4.90. The molecule has 1 aromatic carbocycles. The lowest BCUT2D eigenvalue weighted by atomic mass is 9.85. The average Bonchev–Trinajstić information content (AvgIpc) is 4.02. The number of likely N-dealkylation sites (tertiary alicyclic amines) is 1. The van der Waals surface area contributed by atoms with Crippen LogP contribution in [0.4, 0.5) is 33.5 Å². The van der Waals surface area contributed by atoms with Crippen molar-refractivity contribution in [3.8, 4) is 11.8 Å². The van der Waals surface area contributed by atoms with Crippen molar-refractivity contribution in [3.63, 3.8) is 0 Å². The minimum atomic E-state index is -2.97. The number of hydrogen-bond acceptors (Lipinski definition) is 12. The van der Waals surface area contributed by atoms with Crippen molar-refractivity contribution in [1.29, 1.82) is 0 Å². The number of para-hydroxylation sites is 1. The number of piperidine rings is 1. The van der Waals surface area contributed by atoms with Gasteiger partial charge in [0, 0.05) is 57.4 Å². The Hall–Kier alpha value is -5.63. The van der Waals surface area contributed by atoms with Gasteiger partial charge in [0.05, 0.1) is 65.1 Å². The fourth-order valence-electron chi connectivity index (χ4n) is 9.69. The topological polar surface area (TPSA) is 166 Å².